The van der Waals surface area contributed by atoms with Gasteiger partial charge in [-0.1, -0.05) is 31.1 Å². The molecule has 1 unspecified atom stereocenters. The molecule has 0 aromatic carbocycles. The maximum absolute atomic E-state index is 12.8. The fourth-order valence-corrected chi connectivity index (χ4v) is 4.02. The number of carbonyl (C=O) groups is 2. The van der Waals surface area contributed by atoms with Gasteiger partial charge in [-0.15, -0.1) is 0 Å². The summed E-state index contributed by atoms with van der Waals surface area (Å²) in [6.07, 6.45) is 5.53. The summed E-state index contributed by atoms with van der Waals surface area (Å²) < 4.78 is 16.2. The molecular weight excluding hydrogens is 380 g/mol. The van der Waals surface area contributed by atoms with Gasteiger partial charge in [0.2, 0.25) is 5.91 Å². The zero-order valence-electron chi connectivity index (χ0n) is 17.2. The molecule has 0 bridgehead atoms. The molecule has 0 N–H and O–H groups in total. The van der Waals surface area contributed by atoms with Crippen LogP contribution in [-0.4, -0.2) is 55.9 Å². The van der Waals surface area contributed by atoms with E-state index in [1.54, 1.807) is 18.7 Å². The minimum atomic E-state index is -0.385. The molecule has 1 aromatic heterocycles. The maximum atomic E-state index is 12.8. The molecule has 7 nitrogen and oxygen atoms in total. The van der Waals surface area contributed by atoms with E-state index in [1.165, 1.54) is 11.3 Å². The van der Waals surface area contributed by atoms with E-state index < -0.39 is 0 Å². The zero-order valence-corrected chi connectivity index (χ0v) is 18.0. The summed E-state index contributed by atoms with van der Waals surface area (Å²) in [6, 6.07) is 0. The number of unbranched alkanes of at least 4 members (excludes halogenated alkanes) is 2. The number of nitrogens with zero attached hydrogens (tertiary/aromatic N) is 2. The van der Waals surface area contributed by atoms with Crippen molar-refractivity contribution in [1.29, 1.82) is 0 Å². The molecule has 8 heteroatoms. The van der Waals surface area contributed by atoms with E-state index >= 15 is 0 Å². The molecule has 0 saturated carbocycles. The minimum Gasteiger partial charge on any atom is -0.462 e. The number of hydrogen-bond acceptors (Lipinski definition) is 7. The van der Waals surface area contributed by atoms with Crippen molar-refractivity contribution in [3.8, 4) is 0 Å². The van der Waals surface area contributed by atoms with E-state index in [4.69, 9.17) is 14.2 Å². The first-order valence-electron chi connectivity index (χ1n) is 10.2. The number of carbonyl (C=O) groups excluding carboxylic acids is 2. The van der Waals surface area contributed by atoms with Gasteiger partial charge in [-0.3, -0.25) is 9.69 Å². The normalized spacial score (nSPS) is 16.3. The van der Waals surface area contributed by atoms with Gasteiger partial charge in [0.15, 0.2) is 5.13 Å². The van der Waals surface area contributed by atoms with Crippen molar-refractivity contribution in [2.24, 2.45) is 0 Å². The van der Waals surface area contributed by atoms with Crippen LogP contribution in [0.4, 0.5) is 5.13 Å². The first-order valence-corrected chi connectivity index (χ1v) is 11.0. The smallest absolute Gasteiger partial charge is 0.350 e. The van der Waals surface area contributed by atoms with E-state index in [9.17, 15) is 9.59 Å². The number of aryl methyl sites for hydroxylation is 1. The van der Waals surface area contributed by atoms with E-state index in [1.807, 2.05) is 0 Å². The molecule has 1 amide bonds. The van der Waals surface area contributed by atoms with Crippen molar-refractivity contribution in [2.45, 2.75) is 65.4 Å². The number of anilines is 1. The van der Waals surface area contributed by atoms with E-state index in [-0.39, 0.29) is 24.4 Å². The predicted octanol–water partition coefficient (Wildman–Crippen LogP) is 3.74. The predicted molar refractivity (Wildman–Crippen MR) is 109 cm³/mol. The van der Waals surface area contributed by atoms with Gasteiger partial charge < -0.3 is 14.2 Å². The third-order valence-electron chi connectivity index (χ3n) is 4.55. The van der Waals surface area contributed by atoms with Crippen LogP contribution in [-0.2, 0) is 19.0 Å². The molecule has 0 aliphatic carbocycles. The highest BCUT2D eigenvalue weighted by atomic mass is 32.1. The van der Waals surface area contributed by atoms with Crippen LogP contribution in [0.3, 0.4) is 0 Å². The van der Waals surface area contributed by atoms with E-state index in [2.05, 4.69) is 11.9 Å². The lowest BCUT2D eigenvalue weighted by Gasteiger charge is -2.20. The second-order valence-electron chi connectivity index (χ2n) is 6.84. The molecule has 28 heavy (non-hydrogen) atoms. The summed E-state index contributed by atoms with van der Waals surface area (Å²) >= 11 is 1.22. The van der Waals surface area contributed by atoms with Crippen LogP contribution < -0.4 is 4.90 Å². The van der Waals surface area contributed by atoms with Crippen molar-refractivity contribution in [3.63, 3.8) is 0 Å². The molecule has 2 heterocycles. The molecule has 1 saturated heterocycles. The Bertz CT molecular complexity index is 628. The SMILES string of the molecule is CCCCCN(C(=O)CCOCC1CCCO1)c1nc(C)c(C(=O)OCC)s1. The highest BCUT2D eigenvalue weighted by Crippen LogP contribution is 2.28. The molecule has 1 fully saturated rings. The summed E-state index contributed by atoms with van der Waals surface area (Å²) in [7, 11) is 0. The Morgan fingerprint density at radius 2 is 2.14 bits per heavy atom. The second kappa shape index (κ2) is 12.1. The fraction of sp³-hybridized carbons (Fsp3) is 0.750. The quantitative estimate of drug-likeness (QED) is 0.384. The van der Waals surface area contributed by atoms with Gasteiger partial charge in [-0.2, -0.15) is 0 Å². The Hall–Kier alpha value is -1.51. The van der Waals surface area contributed by atoms with Gasteiger partial charge in [0.1, 0.15) is 4.88 Å². The topological polar surface area (TPSA) is 78.0 Å². The average Bonchev–Trinajstić information content (AvgIpc) is 3.32. The summed E-state index contributed by atoms with van der Waals surface area (Å²) in [6.45, 7) is 8.25. The van der Waals surface area contributed by atoms with Gasteiger partial charge in [0.25, 0.3) is 0 Å². The Morgan fingerprint density at radius 1 is 1.32 bits per heavy atom. The highest BCUT2D eigenvalue weighted by Gasteiger charge is 2.24. The van der Waals surface area contributed by atoms with Crippen LogP contribution in [0.15, 0.2) is 0 Å². The third kappa shape index (κ3) is 6.83. The Balaban J connectivity index is 1.96. The number of rotatable bonds is 12. The lowest BCUT2D eigenvalue weighted by atomic mass is 10.2. The van der Waals surface area contributed by atoms with Crippen molar-refractivity contribution in [2.75, 3.05) is 37.9 Å². The standard InChI is InChI=1S/C20H32N2O5S/c1-4-6-7-11-22(17(23)10-13-25-14-16-9-8-12-27-16)20-21-15(3)18(28-20)19(24)26-5-2/h16H,4-14H2,1-3H3. The lowest BCUT2D eigenvalue weighted by Crippen LogP contribution is -2.32. The first-order chi connectivity index (χ1) is 13.6. The number of aromatic nitrogens is 1. The van der Waals surface area contributed by atoms with Crippen molar-refractivity contribution >= 4 is 28.3 Å². The Labute approximate surface area is 171 Å². The molecule has 1 aromatic rings. The van der Waals surface area contributed by atoms with Crippen LogP contribution in [0.5, 0.6) is 0 Å². The molecule has 1 atom stereocenters. The molecular formula is C20H32N2O5S. The van der Waals surface area contributed by atoms with Crippen LogP contribution in [0.1, 0.15) is 67.7 Å². The van der Waals surface area contributed by atoms with Crippen molar-refractivity contribution < 1.29 is 23.8 Å². The summed E-state index contributed by atoms with van der Waals surface area (Å²) in [4.78, 5) is 31.5. The highest BCUT2D eigenvalue weighted by molar-refractivity contribution is 7.17. The molecule has 0 spiro atoms. The lowest BCUT2D eigenvalue weighted by molar-refractivity contribution is -0.120. The molecule has 1 aliphatic rings. The third-order valence-corrected chi connectivity index (χ3v) is 5.71. The number of ether oxygens (including phenoxy) is 3. The second-order valence-corrected chi connectivity index (χ2v) is 7.82. The van der Waals surface area contributed by atoms with Crippen LogP contribution in [0.25, 0.3) is 0 Å². The number of thiazole rings is 1. The summed E-state index contributed by atoms with van der Waals surface area (Å²) in [5.41, 5.74) is 0.598. The van der Waals surface area contributed by atoms with Gasteiger partial charge in [-0.05, 0) is 33.1 Å². The van der Waals surface area contributed by atoms with Crippen LogP contribution in [0, 0.1) is 6.92 Å². The fourth-order valence-electron chi connectivity index (χ4n) is 3.02. The van der Waals surface area contributed by atoms with Gasteiger partial charge in [-0.25, -0.2) is 9.78 Å². The van der Waals surface area contributed by atoms with Crippen molar-refractivity contribution in [3.05, 3.63) is 10.6 Å². The van der Waals surface area contributed by atoms with Gasteiger partial charge >= 0.3 is 5.97 Å². The van der Waals surface area contributed by atoms with Crippen LogP contribution >= 0.6 is 11.3 Å². The summed E-state index contributed by atoms with van der Waals surface area (Å²) in [5.74, 6) is -0.419. The van der Waals surface area contributed by atoms with E-state index in [0.29, 0.717) is 42.1 Å². The number of amides is 1. The Morgan fingerprint density at radius 3 is 2.82 bits per heavy atom. The maximum Gasteiger partial charge on any atom is 0.350 e. The minimum absolute atomic E-state index is 0.0346. The van der Waals surface area contributed by atoms with E-state index in [0.717, 1.165) is 38.7 Å². The zero-order chi connectivity index (χ0) is 20.4. The Kier molecular flexibility index (Phi) is 9.87. The molecule has 158 valence electrons. The monoisotopic (exact) mass is 412 g/mol. The first kappa shape index (κ1) is 22.8. The molecule has 0 radical (unpaired) electrons. The summed E-state index contributed by atoms with van der Waals surface area (Å²) in [5, 5.41) is 0.556. The average molecular weight is 413 g/mol. The van der Waals surface area contributed by atoms with Crippen LogP contribution in [0.2, 0.25) is 0 Å². The molecule has 1 aliphatic heterocycles. The number of hydrogen-bond donors (Lipinski definition) is 0. The molecule has 2 rings (SSSR count). The van der Waals surface area contributed by atoms with Gasteiger partial charge in [0.05, 0.1) is 38.0 Å². The van der Waals surface area contributed by atoms with Crippen molar-refractivity contribution in [1.82, 2.24) is 4.98 Å². The van der Waals surface area contributed by atoms with Gasteiger partial charge in [0, 0.05) is 13.2 Å². The number of esters is 1. The largest absolute Gasteiger partial charge is 0.462 e.